The number of fused-ring (bicyclic) bond motifs is 1. The van der Waals surface area contributed by atoms with Gasteiger partial charge in [-0.3, -0.25) is 4.79 Å². The summed E-state index contributed by atoms with van der Waals surface area (Å²) in [4.78, 5) is 23.2. The molecule has 0 radical (unpaired) electrons. The standard InChI is InChI=1S/C20H23N3O4/c1-20(2,15-7-8-16-17(9-15)27-12-26-16)11-23-18(24)14-5-3-13(4-6-14)10-22-19(21)25/h3-9H,10-12H2,1-2H3,(H,23,24)(H3,21,22,25). The van der Waals surface area contributed by atoms with Crippen molar-refractivity contribution in [2.45, 2.75) is 25.8 Å². The molecule has 142 valence electrons. The highest BCUT2D eigenvalue weighted by Crippen LogP contribution is 2.36. The van der Waals surface area contributed by atoms with Crippen LogP contribution >= 0.6 is 0 Å². The SMILES string of the molecule is CC(C)(CNC(=O)c1ccc(CNC(N)=O)cc1)c1ccc2c(c1)OCO2. The van der Waals surface area contributed by atoms with Gasteiger partial charge in [-0.25, -0.2) is 4.79 Å². The fourth-order valence-electron chi connectivity index (χ4n) is 2.79. The van der Waals surface area contributed by atoms with E-state index in [4.69, 9.17) is 15.2 Å². The first-order valence-corrected chi connectivity index (χ1v) is 8.66. The van der Waals surface area contributed by atoms with Crippen molar-refractivity contribution < 1.29 is 19.1 Å². The largest absolute Gasteiger partial charge is 0.454 e. The van der Waals surface area contributed by atoms with Gasteiger partial charge in [0.1, 0.15) is 0 Å². The minimum absolute atomic E-state index is 0.154. The number of benzene rings is 2. The predicted octanol–water partition coefficient (Wildman–Crippen LogP) is 2.29. The second kappa shape index (κ2) is 7.57. The molecule has 0 aliphatic carbocycles. The zero-order valence-electron chi connectivity index (χ0n) is 15.4. The van der Waals surface area contributed by atoms with E-state index in [0.717, 1.165) is 22.6 Å². The number of hydrogen-bond donors (Lipinski definition) is 3. The fourth-order valence-corrected chi connectivity index (χ4v) is 2.79. The van der Waals surface area contributed by atoms with Crippen molar-refractivity contribution in [2.75, 3.05) is 13.3 Å². The molecule has 2 aromatic carbocycles. The van der Waals surface area contributed by atoms with E-state index in [2.05, 4.69) is 24.5 Å². The number of rotatable bonds is 6. The molecular formula is C20H23N3O4. The Morgan fingerprint density at radius 2 is 1.74 bits per heavy atom. The van der Waals surface area contributed by atoms with E-state index in [-0.39, 0.29) is 18.1 Å². The van der Waals surface area contributed by atoms with Crippen LogP contribution in [0.2, 0.25) is 0 Å². The lowest BCUT2D eigenvalue weighted by Gasteiger charge is -2.26. The van der Waals surface area contributed by atoms with Gasteiger partial charge < -0.3 is 25.8 Å². The Morgan fingerprint density at radius 3 is 2.44 bits per heavy atom. The highest BCUT2D eigenvalue weighted by Gasteiger charge is 2.24. The Hall–Kier alpha value is -3.22. The number of hydrogen-bond acceptors (Lipinski definition) is 4. The van der Waals surface area contributed by atoms with Crippen molar-refractivity contribution in [3.05, 3.63) is 59.2 Å². The number of ether oxygens (including phenoxy) is 2. The molecule has 0 spiro atoms. The van der Waals surface area contributed by atoms with Crippen LogP contribution in [0.4, 0.5) is 4.79 Å². The van der Waals surface area contributed by atoms with E-state index >= 15 is 0 Å². The molecule has 4 N–H and O–H groups in total. The third-order valence-electron chi connectivity index (χ3n) is 4.53. The molecule has 2 aromatic rings. The summed E-state index contributed by atoms with van der Waals surface area (Å²) < 4.78 is 10.8. The first kappa shape index (κ1) is 18.6. The lowest BCUT2D eigenvalue weighted by atomic mass is 9.84. The molecule has 3 rings (SSSR count). The van der Waals surface area contributed by atoms with Gasteiger partial charge in [-0.2, -0.15) is 0 Å². The van der Waals surface area contributed by atoms with E-state index < -0.39 is 6.03 Å². The van der Waals surface area contributed by atoms with Gasteiger partial charge in [-0.1, -0.05) is 32.0 Å². The molecule has 0 saturated carbocycles. The number of primary amides is 1. The van der Waals surface area contributed by atoms with Crippen LogP contribution in [0.5, 0.6) is 11.5 Å². The Balaban J connectivity index is 1.60. The second-order valence-corrected chi connectivity index (χ2v) is 7.05. The van der Waals surface area contributed by atoms with E-state index in [9.17, 15) is 9.59 Å². The van der Waals surface area contributed by atoms with Crippen molar-refractivity contribution in [1.29, 1.82) is 0 Å². The summed E-state index contributed by atoms with van der Waals surface area (Å²) in [6.07, 6.45) is 0. The molecule has 0 aromatic heterocycles. The monoisotopic (exact) mass is 369 g/mol. The van der Waals surface area contributed by atoms with Crippen LogP contribution in [-0.4, -0.2) is 25.3 Å². The Bertz CT molecular complexity index is 847. The van der Waals surface area contributed by atoms with Crippen LogP contribution < -0.4 is 25.8 Å². The van der Waals surface area contributed by atoms with Gasteiger partial charge in [0, 0.05) is 24.1 Å². The number of amides is 3. The minimum atomic E-state index is -0.581. The third kappa shape index (κ3) is 4.49. The van der Waals surface area contributed by atoms with Crippen molar-refractivity contribution in [1.82, 2.24) is 10.6 Å². The summed E-state index contributed by atoms with van der Waals surface area (Å²) >= 11 is 0. The van der Waals surface area contributed by atoms with Gasteiger partial charge in [0.05, 0.1) is 0 Å². The molecule has 1 aliphatic heterocycles. The average Bonchev–Trinajstić information content (AvgIpc) is 3.12. The van der Waals surface area contributed by atoms with Gasteiger partial charge in [-0.05, 0) is 35.4 Å². The first-order chi connectivity index (χ1) is 12.8. The number of nitrogens with one attached hydrogen (secondary N) is 2. The molecule has 0 fully saturated rings. The van der Waals surface area contributed by atoms with Crippen LogP contribution in [0, 0.1) is 0 Å². The van der Waals surface area contributed by atoms with Crippen LogP contribution in [-0.2, 0) is 12.0 Å². The average molecular weight is 369 g/mol. The van der Waals surface area contributed by atoms with Crippen LogP contribution in [0.25, 0.3) is 0 Å². The first-order valence-electron chi connectivity index (χ1n) is 8.66. The normalized spacial score (nSPS) is 12.5. The highest BCUT2D eigenvalue weighted by atomic mass is 16.7. The molecule has 0 atom stereocenters. The summed E-state index contributed by atoms with van der Waals surface area (Å²) in [7, 11) is 0. The van der Waals surface area contributed by atoms with Crippen LogP contribution in [0.1, 0.15) is 35.3 Å². The highest BCUT2D eigenvalue weighted by molar-refractivity contribution is 5.94. The molecular weight excluding hydrogens is 346 g/mol. The molecule has 0 saturated heterocycles. The Morgan fingerprint density at radius 1 is 1.04 bits per heavy atom. The number of carbonyl (C=O) groups excluding carboxylic acids is 2. The minimum Gasteiger partial charge on any atom is -0.454 e. The number of urea groups is 1. The maximum atomic E-state index is 12.4. The van der Waals surface area contributed by atoms with Gasteiger partial charge in [0.15, 0.2) is 11.5 Å². The van der Waals surface area contributed by atoms with Crippen molar-refractivity contribution in [3.63, 3.8) is 0 Å². The zero-order valence-corrected chi connectivity index (χ0v) is 15.4. The summed E-state index contributed by atoms with van der Waals surface area (Å²) in [5.41, 5.74) is 7.25. The van der Waals surface area contributed by atoms with Gasteiger partial charge in [0.25, 0.3) is 5.91 Å². The third-order valence-corrected chi connectivity index (χ3v) is 4.53. The molecule has 27 heavy (non-hydrogen) atoms. The van der Waals surface area contributed by atoms with E-state index in [1.54, 1.807) is 24.3 Å². The fraction of sp³-hybridized carbons (Fsp3) is 0.300. The maximum absolute atomic E-state index is 12.4. The quantitative estimate of drug-likeness (QED) is 0.727. The molecule has 1 aliphatic rings. The molecule has 1 heterocycles. The summed E-state index contributed by atoms with van der Waals surface area (Å²) in [5, 5.41) is 5.48. The lowest BCUT2D eigenvalue weighted by molar-refractivity contribution is 0.0945. The van der Waals surface area contributed by atoms with Gasteiger partial charge in [0.2, 0.25) is 6.79 Å². The van der Waals surface area contributed by atoms with Gasteiger partial charge in [-0.15, -0.1) is 0 Å². The Labute approximate surface area is 157 Å². The smallest absolute Gasteiger partial charge is 0.312 e. The summed E-state index contributed by atoms with van der Waals surface area (Å²) in [5.74, 6) is 1.31. The van der Waals surface area contributed by atoms with Crippen molar-refractivity contribution in [2.24, 2.45) is 5.73 Å². The number of nitrogens with two attached hydrogens (primary N) is 1. The van der Waals surface area contributed by atoms with E-state index in [0.29, 0.717) is 18.7 Å². The Kier molecular flexibility index (Phi) is 5.21. The molecule has 7 heteroatoms. The maximum Gasteiger partial charge on any atom is 0.312 e. The topological polar surface area (TPSA) is 103 Å². The summed E-state index contributed by atoms with van der Waals surface area (Å²) in [6, 6.07) is 12.3. The van der Waals surface area contributed by atoms with Crippen LogP contribution in [0.15, 0.2) is 42.5 Å². The predicted molar refractivity (Wildman–Crippen MR) is 101 cm³/mol. The zero-order chi connectivity index (χ0) is 19.4. The number of carbonyl (C=O) groups is 2. The van der Waals surface area contributed by atoms with Crippen LogP contribution in [0.3, 0.4) is 0 Å². The molecule has 3 amide bonds. The van der Waals surface area contributed by atoms with Crippen molar-refractivity contribution >= 4 is 11.9 Å². The molecule has 7 nitrogen and oxygen atoms in total. The second-order valence-electron chi connectivity index (χ2n) is 7.05. The summed E-state index contributed by atoms with van der Waals surface area (Å²) in [6.45, 7) is 5.15. The molecule has 0 unspecified atom stereocenters. The lowest BCUT2D eigenvalue weighted by Crippen LogP contribution is -2.36. The van der Waals surface area contributed by atoms with E-state index in [1.807, 2.05) is 18.2 Å². The van der Waals surface area contributed by atoms with Crippen molar-refractivity contribution in [3.8, 4) is 11.5 Å². The van der Waals surface area contributed by atoms with Gasteiger partial charge >= 0.3 is 6.03 Å². The molecule has 0 bridgehead atoms. The van der Waals surface area contributed by atoms with E-state index in [1.165, 1.54) is 0 Å².